The van der Waals surface area contributed by atoms with Gasteiger partial charge in [-0.25, -0.2) is 14.8 Å². The molecule has 2 heterocycles. The summed E-state index contributed by atoms with van der Waals surface area (Å²) >= 11 is 0. The number of imidazole rings is 2. The van der Waals surface area contributed by atoms with Gasteiger partial charge in [-0.15, -0.1) is 0 Å². The molecule has 0 spiro atoms. The summed E-state index contributed by atoms with van der Waals surface area (Å²) in [6.45, 7) is 0. The van der Waals surface area contributed by atoms with Crippen molar-refractivity contribution in [1.82, 2.24) is 24.8 Å². The topological polar surface area (TPSA) is 113 Å². The molecular formula is C13H15N5O3. The normalized spacial score (nSPS) is 16.2. The Morgan fingerprint density at radius 2 is 2.19 bits per heavy atom. The van der Waals surface area contributed by atoms with Crippen molar-refractivity contribution in [2.45, 2.75) is 24.8 Å². The smallest absolute Gasteiger partial charge is 0.353 e. The van der Waals surface area contributed by atoms with Gasteiger partial charge >= 0.3 is 5.97 Å². The Labute approximate surface area is 120 Å². The summed E-state index contributed by atoms with van der Waals surface area (Å²) in [6.07, 6.45) is 6.72. The van der Waals surface area contributed by atoms with Crippen LogP contribution in [0.25, 0.3) is 0 Å². The van der Waals surface area contributed by atoms with Gasteiger partial charge in [-0.3, -0.25) is 4.79 Å². The number of aromatic nitrogens is 4. The Balaban J connectivity index is 1.85. The van der Waals surface area contributed by atoms with Gasteiger partial charge in [0.05, 0.1) is 24.3 Å². The second-order valence-corrected chi connectivity index (χ2v) is 5.23. The van der Waals surface area contributed by atoms with Crippen molar-refractivity contribution in [1.29, 1.82) is 0 Å². The largest absolute Gasteiger partial charge is 0.477 e. The summed E-state index contributed by atoms with van der Waals surface area (Å²) in [5.74, 6) is -0.828. The van der Waals surface area contributed by atoms with E-state index in [0.29, 0.717) is 11.5 Å². The summed E-state index contributed by atoms with van der Waals surface area (Å²) in [4.78, 5) is 34.1. The average molecular weight is 289 g/mol. The maximum Gasteiger partial charge on any atom is 0.353 e. The van der Waals surface area contributed by atoms with Crippen LogP contribution in [0.1, 0.15) is 46.1 Å². The standard InChI is InChI=1S/C13H15N5O3/c1-18-7-14-6-9(18)10(19)17-13(3-2-4-13)12-15-5-8(16-12)11(20)21/h5-7H,2-4H2,1H3,(H,15,16)(H,17,19)(H,20,21). The maximum absolute atomic E-state index is 12.3. The zero-order valence-electron chi connectivity index (χ0n) is 11.5. The van der Waals surface area contributed by atoms with E-state index in [2.05, 4.69) is 20.3 Å². The molecule has 0 aromatic carbocycles. The highest BCUT2D eigenvalue weighted by atomic mass is 16.4. The van der Waals surface area contributed by atoms with Gasteiger partial charge in [0.15, 0.2) is 0 Å². The molecule has 0 atom stereocenters. The molecule has 0 aliphatic heterocycles. The van der Waals surface area contributed by atoms with Crippen molar-refractivity contribution in [3.05, 3.63) is 35.9 Å². The number of H-pyrrole nitrogens is 1. The molecule has 3 rings (SSSR count). The second-order valence-electron chi connectivity index (χ2n) is 5.23. The molecule has 2 aromatic rings. The molecule has 1 fully saturated rings. The highest BCUT2D eigenvalue weighted by Gasteiger charge is 2.43. The van der Waals surface area contributed by atoms with Crippen LogP contribution >= 0.6 is 0 Å². The van der Waals surface area contributed by atoms with Crippen molar-refractivity contribution >= 4 is 11.9 Å². The van der Waals surface area contributed by atoms with Crippen molar-refractivity contribution < 1.29 is 14.7 Å². The lowest BCUT2D eigenvalue weighted by molar-refractivity contribution is 0.0690. The third kappa shape index (κ3) is 2.18. The van der Waals surface area contributed by atoms with Crippen LogP contribution in [0, 0.1) is 0 Å². The lowest BCUT2D eigenvalue weighted by atomic mass is 9.76. The second kappa shape index (κ2) is 4.72. The minimum atomic E-state index is -1.07. The third-order valence-electron chi connectivity index (χ3n) is 3.87. The van der Waals surface area contributed by atoms with Crippen molar-refractivity contribution in [3.8, 4) is 0 Å². The first-order valence-corrected chi connectivity index (χ1v) is 6.59. The van der Waals surface area contributed by atoms with Gasteiger partial charge in [-0.05, 0) is 19.3 Å². The third-order valence-corrected chi connectivity index (χ3v) is 3.87. The number of aryl methyl sites for hydroxylation is 1. The molecule has 0 bridgehead atoms. The molecule has 1 saturated carbocycles. The Hall–Kier alpha value is -2.64. The zero-order chi connectivity index (χ0) is 15.0. The van der Waals surface area contributed by atoms with E-state index >= 15 is 0 Å². The number of hydrogen-bond donors (Lipinski definition) is 3. The van der Waals surface area contributed by atoms with E-state index in [1.165, 1.54) is 12.4 Å². The Kier molecular flexibility index (Phi) is 3.00. The Morgan fingerprint density at radius 3 is 2.67 bits per heavy atom. The van der Waals surface area contributed by atoms with Gasteiger partial charge in [-0.2, -0.15) is 0 Å². The number of carboxylic acids is 1. The van der Waals surface area contributed by atoms with E-state index < -0.39 is 11.5 Å². The number of nitrogens with one attached hydrogen (secondary N) is 2. The van der Waals surface area contributed by atoms with Gasteiger partial charge in [0.1, 0.15) is 17.2 Å². The van der Waals surface area contributed by atoms with Gasteiger partial charge in [0.25, 0.3) is 5.91 Å². The van der Waals surface area contributed by atoms with Crippen LogP contribution in [-0.2, 0) is 12.6 Å². The fraction of sp³-hybridized carbons (Fsp3) is 0.385. The van der Waals surface area contributed by atoms with E-state index in [-0.39, 0.29) is 11.6 Å². The minimum absolute atomic E-state index is 0.0195. The maximum atomic E-state index is 12.3. The molecule has 2 aromatic heterocycles. The summed E-state index contributed by atoms with van der Waals surface area (Å²) < 4.78 is 1.63. The predicted molar refractivity (Wildman–Crippen MR) is 71.8 cm³/mol. The van der Waals surface area contributed by atoms with Gasteiger partial charge in [0, 0.05) is 7.05 Å². The van der Waals surface area contributed by atoms with Crippen LogP contribution in [-0.4, -0.2) is 36.5 Å². The number of carbonyl (C=O) groups is 2. The fourth-order valence-corrected chi connectivity index (χ4v) is 2.48. The molecule has 3 N–H and O–H groups in total. The highest BCUT2D eigenvalue weighted by molar-refractivity contribution is 5.93. The van der Waals surface area contributed by atoms with Crippen LogP contribution in [0.3, 0.4) is 0 Å². The monoisotopic (exact) mass is 289 g/mol. The molecule has 1 amide bonds. The van der Waals surface area contributed by atoms with Crippen LogP contribution in [0.5, 0.6) is 0 Å². The van der Waals surface area contributed by atoms with E-state index in [0.717, 1.165) is 19.3 Å². The molecule has 1 aliphatic carbocycles. The molecule has 0 radical (unpaired) electrons. The first kappa shape index (κ1) is 13.3. The van der Waals surface area contributed by atoms with Gasteiger partial charge in [-0.1, -0.05) is 0 Å². The van der Waals surface area contributed by atoms with Gasteiger partial charge < -0.3 is 20.0 Å². The highest BCUT2D eigenvalue weighted by Crippen LogP contribution is 2.40. The fourth-order valence-electron chi connectivity index (χ4n) is 2.48. The van der Waals surface area contributed by atoms with E-state index in [9.17, 15) is 9.59 Å². The molecule has 21 heavy (non-hydrogen) atoms. The lowest BCUT2D eigenvalue weighted by Gasteiger charge is -2.40. The van der Waals surface area contributed by atoms with Crippen LogP contribution in [0.4, 0.5) is 0 Å². The summed E-state index contributed by atoms with van der Waals surface area (Å²) in [7, 11) is 1.74. The first-order valence-electron chi connectivity index (χ1n) is 6.59. The van der Waals surface area contributed by atoms with Crippen molar-refractivity contribution in [2.75, 3.05) is 0 Å². The Bertz CT molecular complexity index is 698. The van der Waals surface area contributed by atoms with E-state index in [4.69, 9.17) is 5.11 Å². The Morgan fingerprint density at radius 1 is 1.43 bits per heavy atom. The summed E-state index contributed by atoms with van der Waals surface area (Å²) in [6, 6.07) is 0. The number of aromatic amines is 1. The number of nitrogens with zero attached hydrogens (tertiary/aromatic N) is 3. The van der Waals surface area contributed by atoms with Crippen LogP contribution in [0.2, 0.25) is 0 Å². The minimum Gasteiger partial charge on any atom is -0.477 e. The first-order chi connectivity index (χ1) is 10.0. The number of amides is 1. The molecule has 8 heteroatoms. The molecule has 110 valence electrons. The van der Waals surface area contributed by atoms with Crippen LogP contribution < -0.4 is 5.32 Å². The van der Waals surface area contributed by atoms with Crippen molar-refractivity contribution in [2.24, 2.45) is 7.05 Å². The predicted octanol–water partition coefficient (Wildman–Crippen LogP) is 0.651. The molecule has 8 nitrogen and oxygen atoms in total. The number of carbonyl (C=O) groups excluding carboxylic acids is 1. The molecule has 1 aliphatic rings. The summed E-state index contributed by atoms with van der Waals surface area (Å²) in [5.41, 5.74) is -0.146. The van der Waals surface area contributed by atoms with E-state index in [1.54, 1.807) is 17.9 Å². The molecular weight excluding hydrogens is 274 g/mol. The SMILES string of the molecule is Cn1cncc1C(=O)NC1(c2ncc(C(=O)O)[nH]2)CCC1. The van der Waals surface area contributed by atoms with Crippen LogP contribution in [0.15, 0.2) is 18.7 Å². The number of carboxylic acid groups (broad SMARTS) is 1. The molecule has 0 unspecified atom stereocenters. The number of rotatable bonds is 4. The molecule has 0 saturated heterocycles. The average Bonchev–Trinajstić information content (AvgIpc) is 3.02. The quantitative estimate of drug-likeness (QED) is 0.765. The lowest BCUT2D eigenvalue weighted by Crippen LogP contribution is -2.51. The van der Waals surface area contributed by atoms with Gasteiger partial charge in [0.2, 0.25) is 0 Å². The van der Waals surface area contributed by atoms with Crippen molar-refractivity contribution in [3.63, 3.8) is 0 Å². The number of aromatic carboxylic acids is 1. The summed E-state index contributed by atoms with van der Waals surface area (Å²) in [5, 5.41) is 11.9. The number of hydrogen-bond acceptors (Lipinski definition) is 4. The zero-order valence-corrected chi connectivity index (χ0v) is 11.5. The van der Waals surface area contributed by atoms with E-state index in [1.807, 2.05) is 0 Å².